The number of likely N-dealkylation sites (tertiary alicyclic amines) is 1. The molecule has 2 N–H and O–H groups in total. The number of esters is 1. The zero-order valence-corrected chi connectivity index (χ0v) is 15.1. The van der Waals surface area contributed by atoms with E-state index in [-0.39, 0.29) is 25.5 Å². The van der Waals surface area contributed by atoms with Gasteiger partial charge < -0.3 is 15.2 Å². The van der Waals surface area contributed by atoms with Gasteiger partial charge in [-0.1, -0.05) is 44.2 Å². The number of hydrogen-bond acceptors (Lipinski definition) is 6. The molecule has 26 heavy (non-hydrogen) atoms. The summed E-state index contributed by atoms with van der Waals surface area (Å²) in [6.45, 7) is 4.16. The van der Waals surface area contributed by atoms with E-state index in [0.29, 0.717) is 6.42 Å². The van der Waals surface area contributed by atoms with E-state index in [1.807, 2.05) is 50.4 Å². The maximum Gasteiger partial charge on any atom is 0.328 e. The molecule has 3 atom stereocenters. The van der Waals surface area contributed by atoms with E-state index >= 15 is 0 Å². The van der Waals surface area contributed by atoms with Crippen LogP contribution in [0.4, 0.5) is 0 Å². The van der Waals surface area contributed by atoms with Crippen molar-refractivity contribution in [2.45, 2.75) is 51.5 Å². The molecular weight excluding hydrogens is 334 g/mol. The van der Waals surface area contributed by atoms with Crippen molar-refractivity contribution in [3.8, 4) is 6.19 Å². The van der Waals surface area contributed by atoms with E-state index in [0.717, 1.165) is 5.56 Å². The van der Waals surface area contributed by atoms with Gasteiger partial charge in [0.1, 0.15) is 18.7 Å². The van der Waals surface area contributed by atoms with Crippen molar-refractivity contribution in [1.29, 1.82) is 5.26 Å². The van der Waals surface area contributed by atoms with Crippen LogP contribution in [0.25, 0.3) is 0 Å². The fraction of sp³-hybridized carbons (Fsp3) is 0.526. The van der Waals surface area contributed by atoms with Gasteiger partial charge in [-0.25, -0.2) is 4.79 Å². The van der Waals surface area contributed by atoms with Gasteiger partial charge in [-0.05, 0) is 17.9 Å². The lowest BCUT2D eigenvalue weighted by Gasteiger charge is -2.23. The van der Waals surface area contributed by atoms with Gasteiger partial charge in [0.05, 0.1) is 12.6 Å². The summed E-state index contributed by atoms with van der Waals surface area (Å²) in [5, 5.41) is 21.5. The van der Waals surface area contributed by atoms with Gasteiger partial charge in [0.25, 0.3) is 0 Å². The summed E-state index contributed by atoms with van der Waals surface area (Å²) in [7, 11) is 0. The Morgan fingerprint density at radius 3 is 2.69 bits per heavy atom. The second-order valence-corrected chi connectivity index (χ2v) is 6.94. The van der Waals surface area contributed by atoms with Crippen molar-refractivity contribution in [3.05, 3.63) is 35.9 Å². The minimum Gasteiger partial charge on any atom is -0.459 e. The number of carbonyl (C=O) groups excluding carboxylic acids is 2. The first-order valence-electron chi connectivity index (χ1n) is 8.76. The molecule has 7 nitrogen and oxygen atoms in total. The molecule has 0 spiro atoms. The summed E-state index contributed by atoms with van der Waals surface area (Å²) in [6, 6.07) is 7.76. The Kier molecular flexibility index (Phi) is 6.98. The number of aliphatic hydroxyl groups excluding tert-OH is 1. The van der Waals surface area contributed by atoms with Crippen LogP contribution in [0.3, 0.4) is 0 Å². The monoisotopic (exact) mass is 359 g/mol. The normalized spacial score (nSPS) is 20.5. The maximum atomic E-state index is 12.5. The number of aliphatic hydroxyl groups is 1. The van der Waals surface area contributed by atoms with Crippen LogP contribution in [0.5, 0.6) is 0 Å². The predicted octanol–water partition coefficient (Wildman–Crippen LogP) is 1.18. The zero-order chi connectivity index (χ0) is 19.1. The standard InChI is InChI=1S/C19H25N3O4/c1-13(2)8-16(19(25)26-11-14-6-4-3-5-7-14)21-18(24)17-9-15(23)10-22(17)12-20/h3-7,13,15-17,23H,8-11H2,1-2H3,(H,21,24)/t15-,16+,17+/m1/s1. The first kappa shape index (κ1) is 19.7. The zero-order valence-electron chi connectivity index (χ0n) is 15.1. The van der Waals surface area contributed by atoms with E-state index < -0.39 is 30.1 Å². The highest BCUT2D eigenvalue weighted by molar-refractivity contribution is 5.88. The summed E-state index contributed by atoms with van der Waals surface area (Å²) in [5.41, 5.74) is 0.866. The fourth-order valence-electron chi connectivity index (χ4n) is 2.96. The Morgan fingerprint density at radius 1 is 1.38 bits per heavy atom. The third kappa shape index (κ3) is 5.46. The van der Waals surface area contributed by atoms with E-state index in [4.69, 9.17) is 10.00 Å². The van der Waals surface area contributed by atoms with Gasteiger partial charge in [0, 0.05) is 6.42 Å². The van der Waals surface area contributed by atoms with Crippen LogP contribution in [0, 0.1) is 17.4 Å². The van der Waals surface area contributed by atoms with Gasteiger partial charge in [-0.2, -0.15) is 5.26 Å². The quantitative estimate of drug-likeness (QED) is 0.560. The number of β-amino-alcohol motifs (C(OH)–C–C–N with tert-alkyl or cyclic N) is 1. The Morgan fingerprint density at radius 2 is 2.08 bits per heavy atom. The largest absolute Gasteiger partial charge is 0.459 e. The van der Waals surface area contributed by atoms with Crippen LogP contribution >= 0.6 is 0 Å². The number of benzene rings is 1. The van der Waals surface area contributed by atoms with Gasteiger partial charge in [0.2, 0.25) is 5.91 Å². The molecule has 140 valence electrons. The third-order valence-corrected chi connectivity index (χ3v) is 4.24. The first-order valence-corrected chi connectivity index (χ1v) is 8.76. The average Bonchev–Trinajstić information content (AvgIpc) is 3.00. The molecule has 1 aromatic carbocycles. The fourth-order valence-corrected chi connectivity index (χ4v) is 2.96. The highest BCUT2D eigenvalue weighted by Gasteiger charge is 2.37. The van der Waals surface area contributed by atoms with E-state index in [9.17, 15) is 14.7 Å². The van der Waals surface area contributed by atoms with Crippen LogP contribution in [0.2, 0.25) is 0 Å². The molecular formula is C19H25N3O4. The summed E-state index contributed by atoms with van der Waals surface area (Å²) in [4.78, 5) is 26.2. The van der Waals surface area contributed by atoms with Crippen molar-refractivity contribution >= 4 is 11.9 Å². The first-order chi connectivity index (χ1) is 12.4. The molecule has 0 saturated carbocycles. The molecule has 1 fully saturated rings. The molecule has 1 amide bonds. The summed E-state index contributed by atoms with van der Waals surface area (Å²) in [6.07, 6.45) is 1.79. The summed E-state index contributed by atoms with van der Waals surface area (Å²) >= 11 is 0. The Balaban J connectivity index is 1.98. The molecule has 0 unspecified atom stereocenters. The summed E-state index contributed by atoms with van der Waals surface area (Å²) in [5.74, 6) is -0.769. The minimum atomic E-state index is -0.788. The molecule has 0 aromatic heterocycles. The third-order valence-electron chi connectivity index (χ3n) is 4.24. The lowest BCUT2D eigenvalue weighted by atomic mass is 10.0. The molecule has 1 aliphatic rings. The molecule has 1 saturated heterocycles. The van der Waals surface area contributed by atoms with Crippen molar-refractivity contribution in [1.82, 2.24) is 10.2 Å². The smallest absolute Gasteiger partial charge is 0.328 e. The van der Waals surface area contributed by atoms with Crippen LogP contribution < -0.4 is 5.32 Å². The molecule has 0 bridgehead atoms. The Hall–Kier alpha value is -2.59. The van der Waals surface area contributed by atoms with Crippen LogP contribution in [-0.2, 0) is 20.9 Å². The molecule has 1 aliphatic heterocycles. The number of nitriles is 1. The SMILES string of the molecule is CC(C)C[C@H](NC(=O)[C@@H]1C[C@@H](O)CN1C#N)C(=O)OCc1ccccc1. The Labute approximate surface area is 153 Å². The number of amides is 1. The maximum absolute atomic E-state index is 12.5. The number of rotatable bonds is 7. The lowest BCUT2D eigenvalue weighted by Crippen LogP contribution is -2.49. The lowest BCUT2D eigenvalue weighted by molar-refractivity contribution is -0.150. The van der Waals surface area contributed by atoms with Crippen LogP contribution in [0.15, 0.2) is 30.3 Å². The van der Waals surface area contributed by atoms with Crippen molar-refractivity contribution in [2.75, 3.05) is 6.54 Å². The molecule has 1 aromatic rings. The van der Waals surface area contributed by atoms with Gasteiger partial charge in [0.15, 0.2) is 6.19 Å². The van der Waals surface area contributed by atoms with Gasteiger partial charge in [-0.3, -0.25) is 9.69 Å². The number of hydrogen-bond donors (Lipinski definition) is 2. The number of ether oxygens (including phenoxy) is 1. The molecule has 7 heteroatoms. The topological polar surface area (TPSA) is 103 Å². The van der Waals surface area contributed by atoms with Crippen molar-refractivity contribution in [3.63, 3.8) is 0 Å². The molecule has 0 radical (unpaired) electrons. The molecule has 1 heterocycles. The molecule has 2 rings (SSSR count). The highest BCUT2D eigenvalue weighted by Crippen LogP contribution is 2.18. The summed E-state index contributed by atoms with van der Waals surface area (Å²) < 4.78 is 5.35. The average molecular weight is 359 g/mol. The second kappa shape index (κ2) is 9.20. The number of carbonyl (C=O) groups is 2. The number of nitrogens with zero attached hydrogens (tertiary/aromatic N) is 2. The predicted molar refractivity (Wildman–Crippen MR) is 94.4 cm³/mol. The number of nitrogens with one attached hydrogen (secondary N) is 1. The molecule has 0 aliphatic carbocycles. The second-order valence-electron chi connectivity index (χ2n) is 6.94. The highest BCUT2D eigenvalue weighted by atomic mass is 16.5. The Bertz CT molecular complexity index is 656. The van der Waals surface area contributed by atoms with Crippen LogP contribution in [0.1, 0.15) is 32.3 Å². The van der Waals surface area contributed by atoms with E-state index in [2.05, 4.69) is 5.32 Å². The van der Waals surface area contributed by atoms with E-state index in [1.165, 1.54) is 4.90 Å². The minimum absolute atomic E-state index is 0.127. The van der Waals surface area contributed by atoms with Gasteiger partial charge in [-0.15, -0.1) is 0 Å². The van der Waals surface area contributed by atoms with Crippen molar-refractivity contribution < 1.29 is 19.4 Å². The van der Waals surface area contributed by atoms with E-state index in [1.54, 1.807) is 0 Å². The van der Waals surface area contributed by atoms with Gasteiger partial charge >= 0.3 is 5.97 Å². The van der Waals surface area contributed by atoms with Crippen LogP contribution in [-0.4, -0.2) is 46.6 Å². The van der Waals surface area contributed by atoms with Crippen molar-refractivity contribution in [2.24, 2.45) is 5.92 Å².